The van der Waals surface area contributed by atoms with Crippen molar-refractivity contribution in [2.75, 3.05) is 107 Å². The molecule has 3 aliphatic rings. The van der Waals surface area contributed by atoms with E-state index in [0.29, 0.717) is 62.5 Å². The van der Waals surface area contributed by atoms with Crippen molar-refractivity contribution in [1.29, 1.82) is 0 Å². The van der Waals surface area contributed by atoms with Crippen molar-refractivity contribution < 1.29 is 219 Å². The number of halogens is 9. The Kier molecular flexibility index (Phi) is 39.9. The van der Waals surface area contributed by atoms with E-state index in [0.717, 1.165) is 66.8 Å². The number of sulfone groups is 3. The predicted octanol–water partition coefficient (Wildman–Crippen LogP) is -1.17. The largest absolute Gasteiger partial charge is 1.00 e. The van der Waals surface area contributed by atoms with Gasteiger partial charge in [0.1, 0.15) is 38.1 Å². The number of rotatable bonds is 16. The summed E-state index contributed by atoms with van der Waals surface area (Å²) in [7, 11) is -10.9. The zero-order chi connectivity index (χ0) is 71.1. The number of aliphatic carboxylic acids is 1. The van der Waals surface area contributed by atoms with Crippen LogP contribution in [0.4, 0.5) is 64.9 Å². The summed E-state index contributed by atoms with van der Waals surface area (Å²) in [6, 6.07) is 23.9. The summed E-state index contributed by atoms with van der Waals surface area (Å²) in [6.07, 6.45) is 7.92. The van der Waals surface area contributed by atoms with Crippen LogP contribution in [0.1, 0.15) is 48.7 Å². The third-order valence-electron chi connectivity index (χ3n) is 15.4. The molecule has 3 atom stereocenters. The van der Waals surface area contributed by atoms with Crippen LogP contribution < -0.4 is 182 Å². The van der Waals surface area contributed by atoms with Gasteiger partial charge >= 0.3 is 144 Å². The normalized spacial score (nSPS) is 16.3. The second-order valence-electron chi connectivity index (χ2n) is 23.3. The molecule has 3 aromatic heterocycles. The predicted molar refractivity (Wildman–Crippen MR) is 354 cm³/mol. The fraction of sp³-hybridized carbons (Fsp3) is 0.435. The number of pyridine rings is 3. The number of carbonyl (C=O) groups is 2. The zero-order valence-corrected chi connectivity index (χ0v) is 70.1. The summed E-state index contributed by atoms with van der Waals surface area (Å²) in [5, 5.41) is 13.2. The van der Waals surface area contributed by atoms with E-state index in [2.05, 4.69) is 94.4 Å². The fourth-order valence-corrected chi connectivity index (χ4v) is 13.1. The van der Waals surface area contributed by atoms with Crippen molar-refractivity contribution in [2.45, 2.75) is 93.3 Å². The number of carboxylic acid groups (broad SMARTS) is 1. The van der Waals surface area contributed by atoms with Crippen LogP contribution in [0, 0.1) is 42.1 Å². The molecule has 532 valence electrons. The van der Waals surface area contributed by atoms with Crippen molar-refractivity contribution in [3.63, 3.8) is 0 Å². The maximum atomic E-state index is 14.0. The van der Waals surface area contributed by atoms with Crippen LogP contribution in [0.25, 0.3) is 0 Å². The van der Waals surface area contributed by atoms with Gasteiger partial charge in [0.2, 0.25) is 11.4 Å². The number of piperazine rings is 3. The number of aromatic nitrogens is 3. The van der Waals surface area contributed by atoms with Gasteiger partial charge in [-0.1, -0.05) is 41.5 Å². The number of hydrogen-bond acceptors (Lipinski definition) is 21. The summed E-state index contributed by atoms with van der Waals surface area (Å²) >= 11 is 3.87. The molecule has 37 heteroatoms. The van der Waals surface area contributed by atoms with E-state index in [1.165, 1.54) is 48.7 Å². The number of nitrogens with zero attached hydrogens (tertiary/aromatic N) is 8. The summed E-state index contributed by atoms with van der Waals surface area (Å²) in [4.78, 5) is 54.7. The van der Waals surface area contributed by atoms with Crippen molar-refractivity contribution in [3.8, 4) is 5.88 Å². The van der Waals surface area contributed by atoms with Crippen molar-refractivity contribution >= 4 is 105 Å². The molecule has 0 bridgehead atoms. The SMILES string of the molecule is Br.CC(C)[C@@H]1CN(c2ccc(F)c(S(C)(=O)=O)c2)CCN1c1cc[nH]c(=O)c1.CC(C)[C@@H]1CN(c2ccc(F)c(S(C)(=O)=O)c2)CCN1c1ccnc(OC(F)F)c1.Cc1cc(N2CCN(c3ccc(F)c(S(C)(=O)=O)c3)C[C@H]2C(C)C)ccn1.O=C([O-])C(F)(F)Cl.O=CO[O-].[H-].[K+].[K+].[Na+]. The van der Waals surface area contributed by atoms with Gasteiger partial charge in [0.15, 0.2) is 29.5 Å². The Morgan fingerprint density at radius 2 is 0.929 bits per heavy atom. The number of ether oxygens (including phenoxy) is 1. The van der Waals surface area contributed by atoms with Crippen LogP contribution >= 0.6 is 28.6 Å². The number of aromatic amines is 1. The molecule has 9 rings (SSSR count). The summed E-state index contributed by atoms with van der Waals surface area (Å²) in [6.45, 7) is 17.5. The smallest absolute Gasteiger partial charge is 1.00 e. The number of hydrogen-bond donors (Lipinski definition) is 1. The molecular weight excluding hydrogens is 1520 g/mol. The Hall–Kier alpha value is -3.19. The minimum absolute atomic E-state index is 0. The van der Waals surface area contributed by atoms with Crippen molar-refractivity contribution in [1.82, 2.24) is 15.0 Å². The molecule has 0 saturated carbocycles. The van der Waals surface area contributed by atoms with Crippen LogP contribution in [0.5, 0.6) is 5.88 Å². The third kappa shape index (κ3) is 28.3. The van der Waals surface area contributed by atoms with E-state index in [-0.39, 0.29) is 207 Å². The van der Waals surface area contributed by atoms with Gasteiger partial charge < -0.3 is 60.6 Å². The first-order valence-corrected chi connectivity index (χ1v) is 35.4. The van der Waals surface area contributed by atoms with Crippen LogP contribution in [-0.4, -0.2) is 160 Å². The molecule has 1 N–H and O–H groups in total. The maximum Gasteiger partial charge on any atom is 1.00 e. The van der Waals surface area contributed by atoms with E-state index >= 15 is 0 Å². The molecule has 22 nitrogen and oxygen atoms in total. The number of nitrogens with one attached hydrogen (secondary N) is 1. The van der Waals surface area contributed by atoms with E-state index in [4.69, 9.17) is 20.0 Å². The van der Waals surface area contributed by atoms with E-state index in [1.807, 2.05) is 44.0 Å². The van der Waals surface area contributed by atoms with Crippen molar-refractivity contribution in [2.24, 2.45) is 17.8 Å². The Balaban J connectivity index is 0.00000133. The van der Waals surface area contributed by atoms with Gasteiger partial charge in [-0.3, -0.25) is 14.6 Å². The number of H-pyrrole nitrogens is 1. The summed E-state index contributed by atoms with van der Waals surface area (Å²) in [5.74, 6) is -4.02. The van der Waals surface area contributed by atoms with Gasteiger partial charge in [0, 0.05) is 166 Å². The number of aryl methyl sites for hydroxylation is 1. The Labute approximate surface area is 696 Å². The number of alkyl halides is 5. The van der Waals surface area contributed by atoms with Crippen LogP contribution in [0.3, 0.4) is 0 Å². The second-order valence-corrected chi connectivity index (χ2v) is 29.7. The standard InChI is InChI=1S/C20H24F3N3O3S.C20H26FN3O2S.C19H24FN3O3S.C2HClF2O2.CH2O3.BrH.2K.Na.H/c1-13(2)17-12-25(14-4-5-16(21)18(10-14)30(3,27)28)8-9-26(17)15-6-7-24-19(11-15)29-20(22)23;1-14(2)19-13-23(9-10-24(19)17-7-8-22-15(3)11-17)16-5-6-18(21)20(12-16)27(4,25)26;1-13(2)17-12-22(8-9-23(17)15-6-7-21-19(24)11-15)14-4-5-16(20)18(10-14)27(3,25)26;3-2(4,5)1(6)7;2-1-4-3;;;;;/h4-7,10-11,13,17,20H,8-9,12H2,1-3H3;5-8,11-12,14,19H,9-10,13H2,1-4H3;4-7,10-11,13,17H,8-9,12H2,1-3H3,(H,21,24);(H,6,7);1,3H;1H;;;;/q;;;;;;3*+1;-1/p-2/t17-;19-;17-;;;;;;;/m000......./s1. The van der Waals surface area contributed by atoms with Gasteiger partial charge in [-0.05, 0) is 115 Å². The quantitative estimate of drug-likeness (QED) is 0.0299. The molecule has 3 aliphatic heterocycles. The molecule has 99 heavy (non-hydrogen) atoms. The molecule has 6 aromatic rings. The van der Waals surface area contributed by atoms with E-state index in [1.54, 1.807) is 36.5 Å². The number of carboxylic acids is 1. The van der Waals surface area contributed by atoms with Crippen LogP contribution in [0.2, 0.25) is 0 Å². The molecule has 3 aromatic carbocycles. The molecule has 6 heterocycles. The molecule has 3 fully saturated rings. The minimum Gasteiger partial charge on any atom is -1.00 e. The van der Waals surface area contributed by atoms with Gasteiger partial charge in [-0.15, -0.1) is 17.0 Å². The van der Waals surface area contributed by atoms with E-state index < -0.39 is 64.9 Å². The third-order valence-corrected chi connectivity index (χ3v) is 18.9. The van der Waals surface area contributed by atoms with Gasteiger partial charge in [0.25, 0.3) is 6.47 Å². The topological polar surface area (TPSA) is 279 Å². The van der Waals surface area contributed by atoms with Gasteiger partial charge in [0.05, 0.1) is 0 Å². The zero-order valence-electron chi connectivity index (χ0n) is 57.9. The first-order chi connectivity index (χ1) is 44.2. The molecule has 3 saturated heterocycles. The number of benzene rings is 3. The molecule has 0 unspecified atom stereocenters. The minimum atomic E-state index is -4.22. The van der Waals surface area contributed by atoms with Gasteiger partial charge in [-0.25, -0.2) is 43.4 Å². The molecule has 0 radical (unpaired) electrons. The second kappa shape index (κ2) is 42.1. The number of anilines is 6. The first-order valence-electron chi connectivity index (χ1n) is 29.3. The average molecular weight is 1600 g/mol. The van der Waals surface area contributed by atoms with Crippen LogP contribution in [0.15, 0.2) is 129 Å². The molecule has 0 aliphatic carbocycles. The summed E-state index contributed by atoms with van der Waals surface area (Å²) in [5.41, 5.74) is 5.63. The molecule has 0 amide bonds. The Bertz CT molecular complexity index is 4030. The fourth-order valence-electron chi connectivity index (χ4n) is 10.8. The molecule has 0 spiro atoms. The van der Waals surface area contributed by atoms with E-state index in [9.17, 15) is 60.8 Å². The van der Waals surface area contributed by atoms with Gasteiger partial charge in [-0.2, -0.15) is 17.6 Å². The Morgan fingerprint density at radius 1 is 0.606 bits per heavy atom. The monoisotopic (exact) mass is 1600 g/mol. The first kappa shape index (κ1) is 93.8. The average Bonchev–Trinajstić information content (AvgIpc) is 0.802. The number of carbonyl (C=O) groups excluding carboxylic acids is 2. The maximum absolute atomic E-state index is 14.0. The molecular formula is C62H77BrClF7K2N9NaO13S3. The van der Waals surface area contributed by atoms with Crippen LogP contribution in [-0.2, 0) is 44.0 Å². The van der Waals surface area contributed by atoms with Crippen molar-refractivity contribution in [3.05, 3.63) is 143 Å². The Morgan fingerprint density at radius 3 is 1.21 bits per heavy atom. The summed E-state index contributed by atoms with van der Waals surface area (Å²) < 4.78 is 164.